The lowest BCUT2D eigenvalue weighted by Gasteiger charge is -2.42. The predicted octanol–water partition coefficient (Wildman–Crippen LogP) is 6.89. The first-order valence-corrected chi connectivity index (χ1v) is 17.6. The molecule has 1 aromatic carbocycles. The lowest BCUT2D eigenvalue weighted by Crippen LogP contribution is -2.59. The Kier molecular flexibility index (Phi) is 11.5. The van der Waals surface area contributed by atoms with Crippen LogP contribution in [0.5, 0.6) is 0 Å². The van der Waals surface area contributed by atoms with Crippen molar-refractivity contribution in [3.8, 4) is 11.3 Å². The van der Waals surface area contributed by atoms with Gasteiger partial charge in [0.2, 0.25) is 5.91 Å². The fourth-order valence-electron chi connectivity index (χ4n) is 4.28. The maximum Gasteiger partial charge on any atom is 0.415 e. The van der Waals surface area contributed by atoms with Crippen molar-refractivity contribution in [3.63, 3.8) is 0 Å². The zero-order chi connectivity index (χ0) is 34.4. The van der Waals surface area contributed by atoms with Crippen LogP contribution in [0.1, 0.15) is 40.2 Å². The fourth-order valence-corrected chi connectivity index (χ4v) is 5.55. The molecule has 0 bridgehead atoms. The number of carbonyl (C=O) groups is 2. The lowest BCUT2D eigenvalue weighted by atomic mass is 9.98. The van der Waals surface area contributed by atoms with E-state index in [-0.39, 0.29) is 18.0 Å². The van der Waals surface area contributed by atoms with Gasteiger partial charge in [-0.25, -0.2) is 9.18 Å². The minimum absolute atomic E-state index is 0.105. The van der Waals surface area contributed by atoms with Crippen LogP contribution in [-0.2, 0) is 27.1 Å². The molecule has 0 aliphatic heterocycles. The third kappa shape index (κ3) is 9.49. The Morgan fingerprint density at radius 3 is 2.13 bits per heavy atom. The number of ether oxygens (including phenoxy) is 1. The Balaban J connectivity index is 1.94. The first-order valence-electron chi connectivity index (χ1n) is 14.7. The predicted molar refractivity (Wildman–Crippen MR) is 169 cm³/mol. The summed E-state index contributed by atoms with van der Waals surface area (Å²) in [6.45, 7) is 11.1. The molecule has 0 aliphatic rings. The maximum atomic E-state index is 14.5. The summed E-state index contributed by atoms with van der Waals surface area (Å²) in [5, 5.41) is 4.28. The lowest BCUT2D eigenvalue weighted by molar-refractivity contribution is -0.210. The van der Waals surface area contributed by atoms with Gasteiger partial charge in [-0.3, -0.25) is 24.5 Å². The van der Waals surface area contributed by atoms with E-state index < -0.39 is 67.5 Å². The number of hydrogen-bond acceptors (Lipinski definition) is 6. The van der Waals surface area contributed by atoms with Crippen LogP contribution in [0, 0.1) is 11.7 Å². The molecule has 9 nitrogen and oxygen atoms in total. The van der Waals surface area contributed by atoms with Crippen LogP contribution in [0.2, 0.25) is 18.1 Å². The largest absolute Gasteiger partial charge is 0.444 e. The van der Waals surface area contributed by atoms with E-state index in [0.717, 1.165) is 16.7 Å². The van der Waals surface area contributed by atoms with E-state index in [0.29, 0.717) is 11.1 Å². The van der Waals surface area contributed by atoms with E-state index in [2.05, 4.69) is 15.6 Å². The summed E-state index contributed by atoms with van der Waals surface area (Å²) < 4.78 is 69.0. The average Bonchev–Trinajstić information content (AvgIpc) is 2.96. The Labute approximate surface area is 266 Å². The highest BCUT2D eigenvalue weighted by atomic mass is 28.4. The molecule has 3 rings (SSSR count). The van der Waals surface area contributed by atoms with E-state index in [1.807, 2.05) is 20.8 Å². The van der Waals surface area contributed by atoms with Crippen LogP contribution in [0.25, 0.3) is 11.3 Å². The van der Waals surface area contributed by atoms with Gasteiger partial charge in [0.1, 0.15) is 24.7 Å². The Bertz CT molecular complexity index is 1560. The van der Waals surface area contributed by atoms with Crippen LogP contribution in [0.15, 0.2) is 65.7 Å². The molecule has 0 aliphatic carbocycles. The second-order valence-corrected chi connectivity index (χ2v) is 17.5. The SMILES string of the molecule is CC(C)C(NC(=O)Cn1c(-c2ccc(F)cc2)ccc(NC(=O)OCc2ccncc2)c1=O)C(O[Si](C)(C)C(C)(C)C)C(F)(F)F. The number of nitrogens with zero attached hydrogens (tertiary/aromatic N) is 2. The standard InChI is InChI=1S/C32H40F4N4O5Si/c1-20(2)27(28(32(34,35)36)45-46(6,7)31(3,4)5)39-26(41)18-40-25(22-8-10-23(33)11-9-22)13-12-24(29(40)42)38-30(43)44-19-21-14-16-37-17-15-21/h8-17,20,27-28H,18-19H2,1-7H3,(H,38,43)(H,39,41). The number of amides is 2. The second-order valence-electron chi connectivity index (χ2n) is 12.8. The molecule has 3 aromatic rings. The highest BCUT2D eigenvalue weighted by Gasteiger charge is 2.52. The first kappa shape index (κ1) is 36.4. The molecule has 250 valence electrons. The van der Waals surface area contributed by atoms with Gasteiger partial charge in [0.15, 0.2) is 14.4 Å². The highest BCUT2D eigenvalue weighted by molar-refractivity contribution is 6.74. The highest BCUT2D eigenvalue weighted by Crippen LogP contribution is 2.41. The molecular formula is C32H40F4N4O5Si. The number of anilines is 1. The van der Waals surface area contributed by atoms with Gasteiger partial charge in [-0.2, -0.15) is 13.2 Å². The van der Waals surface area contributed by atoms with Crippen molar-refractivity contribution in [2.24, 2.45) is 5.92 Å². The van der Waals surface area contributed by atoms with Gasteiger partial charge in [-0.05, 0) is 83.7 Å². The summed E-state index contributed by atoms with van der Waals surface area (Å²) in [5.41, 5.74) is 0.104. The third-order valence-electron chi connectivity index (χ3n) is 7.89. The molecule has 2 N–H and O–H groups in total. The topological polar surface area (TPSA) is 112 Å². The van der Waals surface area contributed by atoms with Crippen molar-refractivity contribution in [3.05, 3.63) is 82.7 Å². The summed E-state index contributed by atoms with van der Waals surface area (Å²) >= 11 is 0. The van der Waals surface area contributed by atoms with Crippen LogP contribution >= 0.6 is 0 Å². The van der Waals surface area contributed by atoms with Crippen molar-refractivity contribution >= 4 is 26.0 Å². The van der Waals surface area contributed by atoms with Gasteiger partial charge in [0.25, 0.3) is 5.56 Å². The number of halogens is 4. The zero-order valence-corrected chi connectivity index (χ0v) is 27.9. The van der Waals surface area contributed by atoms with E-state index in [1.54, 1.807) is 25.2 Å². The van der Waals surface area contributed by atoms with Crippen molar-refractivity contribution in [2.75, 3.05) is 5.32 Å². The quantitative estimate of drug-likeness (QED) is 0.171. The molecule has 0 radical (unpaired) electrons. The van der Waals surface area contributed by atoms with Crippen LogP contribution in [0.3, 0.4) is 0 Å². The van der Waals surface area contributed by atoms with Gasteiger partial charge in [0, 0.05) is 12.4 Å². The maximum absolute atomic E-state index is 14.5. The van der Waals surface area contributed by atoms with Crippen LogP contribution < -0.4 is 16.2 Å². The molecule has 2 unspecified atom stereocenters. The minimum atomic E-state index is -4.80. The first-order chi connectivity index (χ1) is 21.3. The molecule has 0 spiro atoms. The fraction of sp³-hybridized carbons (Fsp3) is 0.438. The van der Waals surface area contributed by atoms with Crippen molar-refractivity contribution in [1.29, 1.82) is 0 Å². The number of rotatable bonds is 11. The second kappa shape index (κ2) is 14.6. The molecular weight excluding hydrogens is 624 g/mol. The van der Waals surface area contributed by atoms with Gasteiger partial charge >= 0.3 is 12.3 Å². The van der Waals surface area contributed by atoms with Crippen LogP contribution in [0.4, 0.5) is 28.0 Å². The van der Waals surface area contributed by atoms with Gasteiger partial charge < -0.3 is 14.5 Å². The molecule has 2 amide bonds. The minimum Gasteiger partial charge on any atom is -0.444 e. The van der Waals surface area contributed by atoms with E-state index in [1.165, 1.54) is 50.5 Å². The molecule has 14 heteroatoms. The van der Waals surface area contributed by atoms with Crippen LogP contribution in [-0.4, -0.2) is 48.2 Å². The number of benzene rings is 1. The number of pyridine rings is 2. The number of alkyl halides is 3. The molecule has 2 atom stereocenters. The summed E-state index contributed by atoms with van der Waals surface area (Å²) in [5.74, 6) is -2.13. The van der Waals surface area contributed by atoms with Crippen molar-refractivity contribution in [2.45, 2.75) is 84.2 Å². The molecule has 0 fully saturated rings. The smallest absolute Gasteiger partial charge is 0.415 e. The van der Waals surface area contributed by atoms with Gasteiger partial charge in [0.05, 0.1) is 11.7 Å². The molecule has 46 heavy (non-hydrogen) atoms. The van der Waals surface area contributed by atoms with E-state index in [4.69, 9.17) is 9.16 Å². The van der Waals surface area contributed by atoms with Gasteiger partial charge in [-0.1, -0.05) is 34.6 Å². The summed E-state index contributed by atoms with van der Waals surface area (Å²) in [6.07, 6.45) is -5.00. The molecule has 0 saturated carbocycles. The molecule has 2 heterocycles. The number of aromatic nitrogens is 2. The normalized spacial score (nSPS) is 13.7. The number of hydrogen-bond donors (Lipinski definition) is 2. The summed E-state index contributed by atoms with van der Waals surface area (Å²) in [7, 11) is -2.94. The Morgan fingerprint density at radius 2 is 1.59 bits per heavy atom. The Hall–Kier alpha value is -4.04. The zero-order valence-electron chi connectivity index (χ0n) is 26.9. The number of nitrogens with one attached hydrogen (secondary N) is 2. The van der Waals surface area contributed by atoms with E-state index in [9.17, 15) is 31.9 Å². The average molecular weight is 665 g/mol. The molecule has 2 aromatic heterocycles. The van der Waals surface area contributed by atoms with Crippen molar-refractivity contribution < 1.29 is 36.3 Å². The Morgan fingerprint density at radius 1 is 0.978 bits per heavy atom. The third-order valence-corrected chi connectivity index (χ3v) is 12.3. The van der Waals surface area contributed by atoms with Crippen molar-refractivity contribution in [1.82, 2.24) is 14.9 Å². The van der Waals surface area contributed by atoms with E-state index >= 15 is 0 Å². The molecule has 0 saturated heterocycles. The van der Waals surface area contributed by atoms with Gasteiger partial charge in [-0.15, -0.1) is 0 Å². The number of carbonyl (C=O) groups excluding carboxylic acids is 2. The summed E-state index contributed by atoms with van der Waals surface area (Å²) in [6, 6.07) is 9.63. The summed E-state index contributed by atoms with van der Waals surface area (Å²) in [4.78, 5) is 43.4. The monoisotopic (exact) mass is 664 g/mol.